The van der Waals surface area contributed by atoms with Gasteiger partial charge in [-0.15, -0.1) is 0 Å². The van der Waals surface area contributed by atoms with Crippen molar-refractivity contribution in [3.05, 3.63) is 58.4 Å². The van der Waals surface area contributed by atoms with E-state index in [0.717, 1.165) is 16.5 Å². The standard InChI is InChI=1S/C17H19N5O2/c1-10-8-18-17(19-9-10)11(2)20-14-7-16(23)22(3)15-5-4-12(21-24)6-13(14)15/h4-9,11,20-21,24H,1-3H3. The molecule has 7 nitrogen and oxygen atoms in total. The summed E-state index contributed by atoms with van der Waals surface area (Å²) in [6, 6.07) is 6.63. The van der Waals surface area contributed by atoms with Gasteiger partial charge in [0.25, 0.3) is 5.56 Å². The molecule has 3 N–H and O–H groups in total. The molecule has 1 atom stereocenters. The van der Waals surface area contributed by atoms with E-state index in [9.17, 15) is 4.79 Å². The Balaban J connectivity index is 2.06. The van der Waals surface area contributed by atoms with Gasteiger partial charge in [0.15, 0.2) is 0 Å². The van der Waals surface area contributed by atoms with E-state index in [4.69, 9.17) is 5.21 Å². The Hall–Kier alpha value is -2.93. The van der Waals surface area contributed by atoms with Crippen LogP contribution in [0.25, 0.3) is 10.9 Å². The summed E-state index contributed by atoms with van der Waals surface area (Å²) in [5.41, 5.74) is 4.98. The first-order valence-electron chi connectivity index (χ1n) is 7.58. The second-order valence-corrected chi connectivity index (χ2v) is 5.78. The molecule has 24 heavy (non-hydrogen) atoms. The fourth-order valence-corrected chi connectivity index (χ4v) is 2.57. The fraction of sp³-hybridized carbons (Fsp3) is 0.235. The van der Waals surface area contributed by atoms with Crippen LogP contribution in [-0.2, 0) is 7.05 Å². The number of rotatable bonds is 4. The Kier molecular flexibility index (Phi) is 4.18. The Morgan fingerprint density at radius 3 is 2.58 bits per heavy atom. The van der Waals surface area contributed by atoms with Crippen molar-refractivity contribution in [2.45, 2.75) is 19.9 Å². The minimum absolute atomic E-state index is 0.119. The topological polar surface area (TPSA) is 92.1 Å². The van der Waals surface area contributed by atoms with Crippen LogP contribution in [0.3, 0.4) is 0 Å². The molecule has 0 saturated heterocycles. The van der Waals surface area contributed by atoms with E-state index < -0.39 is 0 Å². The maximum atomic E-state index is 12.2. The highest BCUT2D eigenvalue weighted by atomic mass is 16.5. The highest BCUT2D eigenvalue weighted by Gasteiger charge is 2.13. The van der Waals surface area contributed by atoms with Gasteiger partial charge in [0.05, 0.1) is 17.2 Å². The number of hydrogen-bond donors (Lipinski definition) is 3. The van der Waals surface area contributed by atoms with Crippen LogP contribution in [0.1, 0.15) is 24.4 Å². The van der Waals surface area contributed by atoms with Gasteiger partial charge in [-0.3, -0.25) is 15.5 Å². The number of aromatic nitrogens is 3. The molecule has 0 spiro atoms. The van der Waals surface area contributed by atoms with Crippen LogP contribution in [0.5, 0.6) is 0 Å². The number of pyridine rings is 1. The van der Waals surface area contributed by atoms with Crippen molar-refractivity contribution < 1.29 is 5.21 Å². The van der Waals surface area contributed by atoms with E-state index in [1.165, 1.54) is 6.07 Å². The lowest BCUT2D eigenvalue weighted by atomic mass is 10.1. The highest BCUT2D eigenvalue weighted by Crippen LogP contribution is 2.27. The smallest absolute Gasteiger partial charge is 0.252 e. The summed E-state index contributed by atoms with van der Waals surface area (Å²) in [7, 11) is 1.72. The molecule has 2 heterocycles. The van der Waals surface area contributed by atoms with Crippen LogP contribution in [0.15, 0.2) is 41.5 Å². The predicted molar refractivity (Wildman–Crippen MR) is 93.4 cm³/mol. The molecule has 1 aromatic carbocycles. The van der Waals surface area contributed by atoms with Gasteiger partial charge in [0.1, 0.15) is 5.82 Å². The molecule has 0 aliphatic carbocycles. The second kappa shape index (κ2) is 6.29. The molecule has 0 radical (unpaired) electrons. The van der Waals surface area contributed by atoms with Crippen molar-refractivity contribution in [2.24, 2.45) is 7.05 Å². The van der Waals surface area contributed by atoms with Gasteiger partial charge in [-0.1, -0.05) is 0 Å². The van der Waals surface area contributed by atoms with Crippen molar-refractivity contribution >= 4 is 22.3 Å². The number of aryl methyl sites for hydroxylation is 2. The van der Waals surface area contributed by atoms with Crippen molar-refractivity contribution in [1.82, 2.24) is 14.5 Å². The lowest BCUT2D eigenvalue weighted by Crippen LogP contribution is -2.19. The molecule has 0 bridgehead atoms. The lowest BCUT2D eigenvalue weighted by molar-refractivity contribution is 0.389. The summed E-state index contributed by atoms with van der Waals surface area (Å²) < 4.78 is 1.56. The third-order valence-corrected chi connectivity index (χ3v) is 3.94. The third-order valence-electron chi connectivity index (χ3n) is 3.94. The molecule has 0 amide bonds. The third kappa shape index (κ3) is 2.93. The van der Waals surface area contributed by atoms with E-state index >= 15 is 0 Å². The fourth-order valence-electron chi connectivity index (χ4n) is 2.57. The molecule has 2 aromatic heterocycles. The van der Waals surface area contributed by atoms with E-state index in [1.54, 1.807) is 42.2 Å². The summed E-state index contributed by atoms with van der Waals surface area (Å²) in [4.78, 5) is 20.8. The number of benzene rings is 1. The normalized spacial score (nSPS) is 12.2. The molecule has 3 rings (SSSR count). The molecule has 0 fully saturated rings. The van der Waals surface area contributed by atoms with Crippen molar-refractivity contribution in [1.29, 1.82) is 0 Å². The van der Waals surface area contributed by atoms with Crippen molar-refractivity contribution in [3.8, 4) is 0 Å². The Bertz CT molecular complexity index is 934. The van der Waals surface area contributed by atoms with Crippen LogP contribution in [0.4, 0.5) is 11.4 Å². The van der Waals surface area contributed by atoms with Gasteiger partial charge in [0.2, 0.25) is 0 Å². The van der Waals surface area contributed by atoms with Crippen LogP contribution < -0.4 is 16.4 Å². The average molecular weight is 325 g/mol. The van der Waals surface area contributed by atoms with Crippen LogP contribution in [0.2, 0.25) is 0 Å². The SMILES string of the molecule is Cc1cnc(C(C)Nc2cc(=O)n(C)c3ccc(NO)cc23)nc1. The van der Waals surface area contributed by atoms with Gasteiger partial charge in [-0.25, -0.2) is 9.97 Å². The largest absolute Gasteiger partial charge is 0.375 e. The molecular formula is C17H19N5O2. The Morgan fingerprint density at radius 2 is 1.92 bits per heavy atom. The number of nitrogens with one attached hydrogen (secondary N) is 2. The summed E-state index contributed by atoms with van der Waals surface area (Å²) in [5.74, 6) is 0.644. The number of anilines is 2. The van der Waals surface area contributed by atoms with Crippen molar-refractivity contribution in [3.63, 3.8) is 0 Å². The van der Waals surface area contributed by atoms with Gasteiger partial charge >= 0.3 is 0 Å². The van der Waals surface area contributed by atoms with E-state index in [1.807, 2.05) is 13.8 Å². The minimum Gasteiger partial charge on any atom is -0.375 e. The number of nitrogens with zero attached hydrogens (tertiary/aromatic N) is 3. The van der Waals surface area contributed by atoms with Crippen LogP contribution in [-0.4, -0.2) is 19.7 Å². The van der Waals surface area contributed by atoms with E-state index in [-0.39, 0.29) is 11.6 Å². The molecule has 124 valence electrons. The van der Waals surface area contributed by atoms with Gasteiger partial charge in [0, 0.05) is 36.6 Å². The van der Waals surface area contributed by atoms with Gasteiger partial charge in [-0.2, -0.15) is 0 Å². The highest BCUT2D eigenvalue weighted by molar-refractivity contribution is 5.93. The molecule has 0 aliphatic heterocycles. The maximum Gasteiger partial charge on any atom is 0.252 e. The summed E-state index contributed by atoms with van der Waals surface area (Å²) in [5, 5.41) is 13.2. The van der Waals surface area contributed by atoms with Crippen LogP contribution >= 0.6 is 0 Å². The maximum absolute atomic E-state index is 12.2. The van der Waals surface area contributed by atoms with Gasteiger partial charge in [-0.05, 0) is 37.6 Å². The number of fused-ring (bicyclic) bond motifs is 1. The molecule has 7 heteroatoms. The van der Waals surface area contributed by atoms with Crippen LogP contribution in [0, 0.1) is 6.92 Å². The first-order valence-corrected chi connectivity index (χ1v) is 7.58. The first-order chi connectivity index (χ1) is 11.5. The lowest BCUT2D eigenvalue weighted by Gasteiger charge is -2.17. The summed E-state index contributed by atoms with van der Waals surface area (Å²) in [6.45, 7) is 3.86. The first kappa shape index (κ1) is 15.9. The van der Waals surface area contributed by atoms with Gasteiger partial charge < -0.3 is 9.88 Å². The van der Waals surface area contributed by atoms with Crippen molar-refractivity contribution in [2.75, 3.05) is 10.8 Å². The zero-order valence-electron chi connectivity index (χ0n) is 13.7. The molecule has 0 saturated carbocycles. The molecule has 3 aromatic rings. The Labute approximate surface area is 139 Å². The van der Waals surface area contributed by atoms with E-state index in [0.29, 0.717) is 17.2 Å². The average Bonchev–Trinajstić information content (AvgIpc) is 2.59. The predicted octanol–water partition coefficient (Wildman–Crippen LogP) is 2.61. The zero-order valence-corrected chi connectivity index (χ0v) is 13.7. The van der Waals surface area contributed by atoms with E-state index in [2.05, 4.69) is 20.8 Å². The molecule has 0 aliphatic rings. The Morgan fingerprint density at radius 1 is 1.21 bits per heavy atom. The second-order valence-electron chi connectivity index (χ2n) is 5.78. The number of hydrogen-bond acceptors (Lipinski definition) is 6. The molecule has 1 unspecified atom stereocenters. The quantitative estimate of drug-likeness (QED) is 0.639. The minimum atomic E-state index is -0.174. The monoisotopic (exact) mass is 325 g/mol. The zero-order chi connectivity index (χ0) is 17.3. The summed E-state index contributed by atoms with van der Waals surface area (Å²) >= 11 is 0. The molecular weight excluding hydrogens is 306 g/mol. The summed E-state index contributed by atoms with van der Waals surface area (Å²) in [6.07, 6.45) is 3.52.